The number of rotatable bonds is 0. The lowest BCUT2D eigenvalue weighted by Crippen LogP contribution is -2.16. The minimum absolute atomic E-state index is 0.189. The minimum atomic E-state index is 0.189. The quantitative estimate of drug-likeness (QED) is 0.609. The monoisotopic (exact) mass is 191 g/mol. The summed E-state index contributed by atoms with van der Waals surface area (Å²) in [6, 6.07) is 2.27. The third-order valence-corrected chi connectivity index (χ3v) is 2.47. The second-order valence-corrected chi connectivity index (χ2v) is 5.96. The summed E-state index contributed by atoms with van der Waals surface area (Å²) in [5, 5.41) is 0. The Labute approximate surface area is 87.6 Å². The molecule has 0 aromatic carbocycles. The summed E-state index contributed by atoms with van der Waals surface area (Å²) in [6.07, 6.45) is 3.94. The Morgan fingerprint density at radius 2 is 1.14 bits per heavy atom. The molecule has 0 spiro atoms. The molecule has 0 aliphatic heterocycles. The molecule has 1 heterocycles. The molecule has 0 saturated heterocycles. The maximum atomic E-state index is 4.32. The van der Waals surface area contributed by atoms with Gasteiger partial charge in [0.15, 0.2) is 0 Å². The lowest BCUT2D eigenvalue weighted by molar-refractivity contribution is 0.563. The van der Waals surface area contributed by atoms with Gasteiger partial charge in [-0.1, -0.05) is 47.6 Å². The van der Waals surface area contributed by atoms with Crippen LogP contribution in [0, 0.1) is 0 Å². The third kappa shape index (κ3) is 2.57. The van der Waals surface area contributed by atoms with Crippen LogP contribution in [0.2, 0.25) is 0 Å². The average molecular weight is 191 g/mol. The predicted octanol–water partition coefficient (Wildman–Crippen LogP) is 3.68. The Balaban J connectivity index is 3.15. The van der Waals surface area contributed by atoms with Gasteiger partial charge in [-0.25, -0.2) is 0 Å². The van der Waals surface area contributed by atoms with E-state index in [9.17, 15) is 0 Å². The molecule has 0 aliphatic carbocycles. The second kappa shape index (κ2) is 3.38. The first-order valence-corrected chi connectivity index (χ1v) is 5.17. The smallest absolute Gasteiger partial charge is 0.0305 e. The van der Waals surface area contributed by atoms with Crippen LogP contribution in [0.5, 0.6) is 0 Å². The molecule has 0 saturated carbocycles. The molecule has 0 aliphatic rings. The molecule has 0 fully saturated rings. The fraction of sp³-hybridized carbons (Fsp3) is 0.615. The summed E-state index contributed by atoms with van der Waals surface area (Å²) in [6.45, 7) is 13.3. The van der Waals surface area contributed by atoms with Gasteiger partial charge in [-0.2, -0.15) is 0 Å². The van der Waals surface area contributed by atoms with Crippen molar-refractivity contribution in [1.29, 1.82) is 0 Å². The Morgan fingerprint density at radius 1 is 0.786 bits per heavy atom. The summed E-state index contributed by atoms with van der Waals surface area (Å²) in [5.74, 6) is 0. The van der Waals surface area contributed by atoms with E-state index >= 15 is 0 Å². The fourth-order valence-electron chi connectivity index (χ4n) is 1.26. The Hall–Kier alpha value is -0.850. The van der Waals surface area contributed by atoms with E-state index in [1.54, 1.807) is 0 Å². The molecule has 78 valence electrons. The van der Waals surface area contributed by atoms with E-state index in [1.807, 2.05) is 12.4 Å². The lowest BCUT2D eigenvalue weighted by atomic mass is 9.82. The van der Waals surface area contributed by atoms with Gasteiger partial charge < -0.3 is 0 Å². The molecule has 1 rings (SSSR count). The zero-order valence-electron chi connectivity index (χ0n) is 10.2. The van der Waals surface area contributed by atoms with Crippen molar-refractivity contribution in [3.05, 3.63) is 29.6 Å². The van der Waals surface area contributed by atoms with E-state index in [0.717, 1.165) is 0 Å². The molecule has 1 nitrogen and oxygen atoms in total. The largest absolute Gasteiger partial charge is 0.264 e. The van der Waals surface area contributed by atoms with Gasteiger partial charge in [0.2, 0.25) is 0 Å². The highest BCUT2D eigenvalue weighted by Gasteiger charge is 2.19. The molecule has 0 amide bonds. The van der Waals surface area contributed by atoms with Crippen LogP contribution in [0.15, 0.2) is 18.5 Å². The van der Waals surface area contributed by atoms with Crippen molar-refractivity contribution in [2.24, 2.45) is 0 Å². The van der Waals surface area contributed by atoms with Crippen LogP contribution in [-0.2, 0) is 10.8 Å². The third-order valence-electron chi connectivity index (χ3n) is 2.47. The molecule has 1 aromatic rings. The van der Waals surface area contributed by atoms with Crippen LogP contribution >= 0.6 is 0 Å². The highest BCUT2D eigenvalue weighted by Crippen LogP contribution is 2.27. The average Bonchev–Trinajstić information content (AvgIpc) is 2.01. The van der Waals surface area contributed by atoms with E-state index in [1.165, 1.54) is 11.1 Å². The molecule has 1 heteroatoms. The number of hydrogen-bond donors (Lipinski definition) is 0. The van der Waals surface area contributed by atoms with E-state index < -0.39 is 0 Å². The molecule has 0 unspecified atom stereocenters. The van der Waals surface area contributed by atoms with Gasteiger partial charge in [-0.3, -0.25) is 4.98 Å². The van der Waals surface area contributed by atoms with Crippen LogP contribution in [0.25, 0.3) is 0 Å². The molecular weight excluding hydrogens is 170 g/mol. The van der Waals surface area contributed by atoms with Crippen molar-refractivity contribution in [2.45, 2.75) is 52.4 Å². The molecular formula is C13H21N. The van der Waals surface area contributed by atoms with Crippen molar-refractivity contribution < 1.29 is 0 Å². The standard InChI is InChI=1S/C13H21N/c1-12(2,3)10-7-11(9-14-8-10)13(4,5)6/h7-9H,1-6H3. The fourth-order valence-corrected chi connectivity index (χ4v) is 1.26. The molecule has 0 radical (unpaired) electrons. The first-order valence-electron chi connectivity index (χ1n) is 5.17. The number of pyridine rings is 1. The van der Waals surface area contributed by atoms with Crippen LogP contribution < -0.4 is 0 Å². The highest BCUT2D eigenvalue weighted by atomic mass is 14.6. The number of aromatic nitrogens is 1. The minimum Gasteiger partial charge on any atom is -0.264 e. The maximum absolute atomic E-state index is 4.32. The van der Waals surface area contributed by atoms with Crippen LogP contribution in [-0.4, -0.2) is 4.98 Å². The Morgan fingerprint density at radius 3 is 1.43 bits per heavy atom. The van der Waals surface area contributed by atoms with Gasteiger partial charge in [-0.15, -0.1) is 0 Å². The van der Waals surface area contributed by atoms with Gasteiger partial charge in [0.25, 0.3) is 0 Å². The Kier molecular flexibility index (Phi) is 2.71. The summed E-state index contributed by atoms with van der Waals surface area (Å²) in [5.41, 5.74) is 3.00. The maximum Gasteiger partial charge on any atom is 0.0305 e. The van der Waals surface area contributed by atoms with Crippen LogP contribution in [0.4, 0.5) is 0 Å². The van der Waals surface area contributed by atoms with E-state index in [4.69, 9.17) is 0 Å². The van der Waals surface area contributed by atoms with E-state index in [0.29, 0.717) is 0 Å². The number of hydrogen-bond acceptors (Lipinski definition) is 1. The predicted molar refractivity (Wildman–Crippen MR) is 61.6 cm³/mol. The molecule has 14 heavy (non-hydrogen) atoms. The van der Waals surface area contributed by atoms with Gasteiger partial charge in [0.1, 0.15) is 0 Å². The summed E-state index contributed by atoms with van der Waals surface area (Å²) >= 11 is 0. The summed E-state index contributed by atoms with van der Waals surface area (Å²) < 4.78 is 0. The summed E-state index contributed by atoms with van der Waals surface area (Å²) in [7, 11) is 0. The van der Waals surface area contributed by atoms with Crippen LogP contribution in [0.3, 0.4) is 0 Å². The van der Waals surface area contributed by atoms with Gasteiger partial charge >= 0.3 is 0 Å². The van der Waals surface area contributed by atoms with Gasteiger partial charge in [0.05, 0.1) is 0 Å². The second-order valence-electron chi connectivity index (χ2n) is 5.96. The summed E-state index contributed by atoms with van der Waals surface area (Å²) in [4.78, 5) is 4.32. The Bertz CT molecular complexity index is 283. The first kappa shape index (κ1) is 11.2. The zero-order valence-corrected chi connectivity index (χ0v) is 10.2. The van der Waals surface area contributed by atoms with Crippen molar-refractivity contribution in [3.63, 3.8) is 0 Å². The lowest BCUT2D eigenvalue weighted by Gasteiger charge is -2.23. The van der Waals surface area contributed by atoms with Crippen molar-refractivity contribution in [3.8, 4) is 0 Å². The molecule has 1 aromatic heterocycles. The van der Waals surface area contributed by atoms with Crippen molar-refractivity contribution in [2.75, 3.05) is 0 Å². The van der Waals surface area contributed by atoms with Crippen molar-refractivity contribution >= 4 is 0 Å². The SMILES string of the molecule is CC(C)(C)c1cncc(C(C)(C)C)c1. The van der Waals surface area contributed by atoms with Gasteiger partial charge in [-0.05, 0) is 22.0 Å². The zero-order chi connectivity index (χ0) is 11.0. The van der Waals surface area contributed by atoms with E-state index in [-0.39, 0.29) is 10.8 Å². The number of nitrogens with zero attached hydrogens (tertiary/aromatic N) is 1. The molecule has 0 atom stereocenters. The first-order chi connectivity index (χ1) is 6.21. The van der Waals surface area contributed by atoms with Crippen LogP contribution in [0.1, 0.15) is 52.7 Å². The molecule has 0 N–H and O–H groups in total. The topological polar surface area (TPSA) is 12.9 Å². The highest BCUT2D eigenvalue weighted by molar-refractivity contribution is 5.28. The normalized spacial score (nSPS) is 13.0. The van der Waals surface area contributed by atoms with Crippen molar-refractivity contribution in [1.82, 2.24) is 4.98 Å². The van der Waals surface area contributed by atoms with Gasteiger partial charge in [0, 0.05) is 12.4 Å². The van der Waals surface area contributed by atoms with E-state index in [2.05, 4.69) is 52.6 Å². The molecule has 0 bridgehead atoms.